The lowest BCUT2D eigenvalue weighted by molar-refractivity contribution is -0.127. The van der Waals surface area contributed by atoms with E-state index in [1.54, 1.807) is 12.1 Å². The fourth-order valence-corrected chi connectivity index (χ4v) is 3.47. The summed E-state index contributed by atoms with van der Waals surface area (Å²) in [5.41, 5.74) is 2.86. The molecule has 1 N–H and O–H groups in total. The highest BCUT2D eigenvalue weighted by molar-refractivity contribution is 7.10. The molecule has 2 aromatic carbocycles. The Bertz CT molecular complexity index is 1160. The van der Waals surface area contributed by atoms with Crippen molar-refractivity contribution < 1.29 is 18.7 Å². The van der Waals surface area contributed by atoms with Gasteiger partial charge in [0.15, 0.2) is 16.9 Å². The van der Waals surface area contributed by atoms with Gasteiger partial charge in [0.2, 0.25) is 4.80 Å². The zero-order chi connectivity index (χ0) is 21.8. The Morgan fingerprint density at radius 2 is 1.93 bits per heavy atom. The van der Waals surface area contributed by atoms with Gasteiger partial charge in [-0.15, -0.1) is 5.10 Å². The van der Waals surface area contributed by atoms with Crippen LogP contribution in [0.5, 0.6) is 5.75 Å². The predicted octanol–water partition coefficient (Wildman–Crippen LogP) is 3.98. The SMILES string of the molecule is CC(=O)c1nn(-c2ccc(F)cc2)c(=NNC(=O)C(C)Oc2ccc(Cl)cc2Cl)s1. The number of Topliss-reactive ketones (excluding diaryl/α,β-unsaturated/α-hetero) is 1. The summed E-state index contributed by atoms with van der Waals surface area (Å²) in [7, 11) is 0. The van der Waals surface area contributed by atoms with E-state index in [4.69, 9.17) is 27.9 Å². The molecule has 11 heteroatoms. The van der Waals surface area contributed by atoms with Crippen molar-refractivity contribution in [3.63, 3.8) is 0 Å². The molecule has 1 unspecified atom stereocenters. The first-order chi connectivity index (χ1) is 14.2. The third-order valence-corrected chi connectivity index (χ3v) is 5.30. The number of carbonyl (C=O) groups is 2. The summed E-state index contributed by atoms with van der Waals surface area (Å²) in [4.78, 5) is 24.3. The van der Waals surface area contributed by atoms with Crippen molar-refractivity contribution in [3.8, 4) is 11.4 Å². The van der Waals surface area contributed by atoms with Crippen molar-refractivity contribution in [2.75, 3.05) is 0 Å². The summed E-state index contributed by atoms with van der Waals surface area (Å²) in [6, 6.07) is 10.1. The molecule has 156 valence electrons. The number of rotatable bonds is 6. The average Bonchev–Trinajstić information content (AvgIpc) is 3.13. The lowest BCUT2D eigenvalue weighted by atomic mass is 10.3. The predicted molar refractivity (Wildman–Crippen MR) is 112 cm³/mol. The van der Waals surface area contributed by atoms with Crippen LogP contribution >= 0.6 is 34.5 Å². The summed E-state index contributed by atoms with van der Waals surface area (Å²) < 4.78 is 20.1. The number of nitrogens with one attached hydrogen (secondary N) is 1. The molecule has 1 amide bonds. The minimum absolute atomic E-state index is 0.185. The van der Waals surface area contributed by atoms with Crippen molar-refractivity contribution in [2.45, 2.75) is 20.0 Å². The van der Waals surface area contributed by atoms with E-state index < -0.39 is 17.8 Å². The number of halogens is 3. The third-order valence-electron chi connectivity index (χ3n) is 3.76. The first-order valence-electron chi connectivity index (χ1n) is 8.57. The molecule has 1 atom stereocenters. The maximum Gasteiger partial charge on any atom is 0.280 e. The zero-order valence-electron chi connectivity index (χ0n) is 15.7. The van der Waals surface area contributed by atoms with Crippen molar-refractivity contribution in [1.82, 2.24) is 15.2 Å². The van der Waals surface area contributed by atoms with Crippen molar-refractivity contribution >= 4 is 46.2 Å². The van der Waals surface area contributed by atoms with Gasteiger partial charge in [0.05, 0.1) is 10.7 Å². The van der Waals surface area contributed by atoms with E-state index in [-0.39, 0.29) is 20.6 Å². The Kier molecular flexibility index (Phi) is 6.86. The van der Waals surface area contributed by atoms with Crippen LogP contribution in [-0.2, 0) is 4.79 Å². The molecule has 0 fully saturated rings. The van der Waals surface area contributed by atoms with Crippen molar-refractivity contribution in [2.24, 2.45) is 5.10 Å². The van der Waals surface area contributed by atoms with Gasteiger partial charge in [0.1, 0.15) is 11.6 Å². The normalized spacial score (nSPS) is 12.5. The Morgan fingerprint density at radius 3 is 2.57 bits per heavy atom. The van der Waals surface area contributed by atoms with E-state index in [1.165, 1.54) is 48.9 Å². The second-order valence-electron chi connectivity index (χ2n) is 6.06. The molecule has 1 heterocycles. The molecule has 1 aromatic heterocycles. The minimum atomic E-state index is -0.924. The summed E-state index contributed by atoms with van der Waals surface area (Å²) in [6.07, 6.45) is -0.924. The fraction of sp³-hybridized carbons (Fsp3) is 0.158. The Morgan fingerprint density at radius 1 is 1.23 bits per heavy atom. The van der Waals surface area contributed by atoms with Crippen LogP contribution in [0.25, 0.3) is 5.69 Å². The van der Waals surface area contributed by atoms with E-state index in [1.807, 2.05) is 0 Å². The summed E-state index contributed by atoms with van der Waals surface area (Å²) in [5.74, 6) is -0.941. The van der Waals surface area contributed by atoms with Gasteiger partial charge in [-0.25, -0.2) is 14.5 Å². The summed E-state index contributed by atoms with van der Waals surface area (Å²) in [6.45, 7) is 2.89. The Labute approximate surface area is 184 Å². The molecule has 0 saturated heterocycles. The van der Waals surface area contributed by atoms with Gasteiger partial charge < -0.3 is 4.74 Å². The number of hydrogen-bond acceptors (Lipinski definition) is 6. The number of ketones is 1. The van der Waals surface area contributed by atoms with E-state index in [9.17, 15) is 14.0 Å². The standard InChI is InChI=1S/C19H15Cl2FN4O3S/c1-10(27)18-25-26(14-6-4-13(22)5-7-14)19(30-18)24-23-17(28)11(2)29-16-8-3-12(20)9-15(16)21/h3-9,11H,1-2H3,(H,23,28). The molecule has 0 aliphatic carbocycles. The molecular formula is C19H15Cl2FN4O3S. The molecule has 7 nitrogen and oxygen atoms in total. The maximum atomic E-state index is 13.2. The summed E-state index contributed by atoms with van der Waals surface area (Å²) >= 11 is 12.9. The molecule has 30 heavy (non-hydrogen) atoms. The van der Waals surface area contributed by atoms with Crippen LogP contribution in [0.3, 0.4) is 0 Å². The van der Waals surface area contributed by atoms with E-state index in [2.05, 4.69) is 15.6 Å². The highest BCUT2D eigenvalue weighted by Crippen LogP contribution is 2.28. The maximum absolute atomic E-state index is 13.2. The van der Waals surface area contributed by atoms with E-state index in [0.29, 0.717) is 16.5 Å². The molecule has 3 rings (SSSR count). The average molecular weight is 469 g/mol. The van der Waals surface area contributed by atoms with E-state index >= 15 is 0 Å². The number of benzene rings is 2. The highest BCUT2D eigenvalue weighted by atomic mass is 35.5. The molecule has 0 aliphatic heterocycles. The smallest absolute Gasteiger partial charge is 0.280 e. The molecule has 3 aromatic rings. The Hall–Kier alpha value is -2.75. The number of hydrogen-bond donors (Lipinski definition) is 1. The molecule has 0 saturated carbocycles. The topological polar surface area (TPSA) is 85.6 Å². The van der Waals surface area contributed by atoms with Crippen LogP contribution in [0.15, 0.2) is 47.6 Å². The molecular weight excluding hydrogens is 454 g/mol. The van der Waals surface area contributed by atoms with Crippen LogP contribution in [0.2, 0.25) is 10.0 Å². The van der Waals surface area contributed by atoms with Gasteiger partial charge in [0, 0.05) is 11.9 Å². The number of amides is 1. The van der Waals surface area contributed by atoms with Gasteiger partial charge in [-0.05, 0) is 49.4 Å². The number of aromatic nitrogens is 2. The van der Waals surface area contributed by atoms with Gasteiger partial charge in [-0.1, -0.05) is 34.5 Å². The van der Waals surface area contributed by atoms with Gasteiger partial charge >= 0.3 is 0 Å². The van der Waals surface area contributed by atoms with Crippen LogP contribution in [0.4, 0.5) is 4.39 Å². The van der Waals surface area contributed by atoms with Crippen LogP contribution in [0.1, 0.15) is 23.6 Å². The number of nitrogens with zero attached hydrogens (tertiary/aromatic N) is 3. The number of carbonyl (C=O) groups excluding carboxylic acids is 2. The lowest BCUT2D eigenvalue weighted by Crippen LogP contribution is -2.35. The third kappa shape index (κ3) is 5.24. The van der Waals surface area contributed by atoms with Gasteiger partial charge in [-0.2, -0.15) is 5.10 Å². The van der Waals surface area contributed by atoms with Crippen LogP contribution in [0, 0.1) is 5.82 Å². The van der Waals surface area contributed by atoms with Gasteiger partial charge in [0.25, 0.3) is 5.91 Å². The largest absolute Gasteiger partial charge is 0.479 e. The Balaban J connectivity index is 1.82. The highest BCUT2D eigenvalue weighted by Gasteiger charge is 2.17. The van der Waals surface area contributed by atoms with Crippen molar-refractivity contribution in [3.05, 3.63) is 68.1 Å². The molecule has 0 bridgehead atoms. The first kappa shape index (κ1) is 21.9. The monoisotopic (exact) mass is 468 g/mol. The zero-order valence-corrected chi connectivity index (χ0v) is 18.1. The second-order valence-corrected chi connectivity index (χ2v) is 7.86. The quantitative estimate of drug-likeness (QED) is 0.437. The van der Waals surface area contributed by atoms with Crippen molar-refractivity contribution in [1.29, 1.82) is 0 Å². The molecule has 0 aliphatic rings. The second kappa shape index (κ2) is 9.38. The van der Waals surface area contributed by atoms with Crippen LogP contribution in [-0.4, -0.2) is 27.6 Å². The minimum Gasteiger partial charge on any atom is -0.479 e. The van der Waals surface area contributed by atoms with Crippen LogP contribution < -0.4 is 15.0 Å². The first-order valence-corrected chi connectivity index (χ1v) is 10.1. The van der Waals surface area contributed by atoms with E-state index in [0.717, 1.165) is 11.3 Å². The molecule has 0 spiro atoms. The summed E-state index contributed by atoms with van der Waals surface area (Å²) in [5, 5.41) is 9.11. The lowest BCUT2D eigenvalue weighted by Gasteiger charge is -2.14. The molecule has 0 radical (unpaired) electrons. The van der Waals surface area contributed by atoms with Gasteiger partial charge in [-0.3, -0.25) is 9.59 Å². The fourth-order valence-electron chi connectivity index (χ4n) is 2.26. The number of ether oxygens (including phenoxy) is 1.